The highest BCUT2D eigenvalue weighted by molar-refractivity contribution is 5.91. The number of hydrogen-bond acceptors (Lipinski definition) is 3. The maximum Gasteiger partial charge on any atom is 0.289 e. The lowest BCUT2D eigenvalue weighted by molar-refractivity contribution is 0.0648. The number of likely N-dealkylation sites (tertiary alicyclic amines) is 1. The molecule has 2 heterocycles. The number of rotatable bonds is 5. The number of piperidine rings is 1. The highest BCUT2D eigenvalue weighted by Crippen LogP contribution is 2.22. The van der Waals surface area contributed by atoms with Crippen LogP contribution in [-0.4, -0.2) is 30.5 Å². The molecule has 0 saturated carbocycles. The largest absolute Gasteiger partial charge is 0.494 e. The van der Waals surface area contributed by atoms with E-state index in [9.17, 15) is 9.18 Å². The molecule has 0 unspecified atom stereocenters. The van der Waals surface area contributed by atoms with Gasteiger partial charge in [-0.15, -0.1) is 0 Å². The van der Waals surface area contributed by atoms with Crippen LogP contribution < -0.4 is 4.74 Å². The zero-order chi connectivity index (χ0) is 16.1. The molecular formula is C18H20FNO3. The molecule has 1 aromatic carbocycles. The highest BCUT2D eigenvalue weighted by atomic mass is 19.1. The standard InChI is InChI=1S/C18H20FNO3/c19-15-3-5-16(6-4-15)22-13-9-14-7-10-20(11-8-14)18(21)17-2-1-12-23-17/h1-6,12,14H,7-11,13H2. The number of hydrogen-bond donors (Lipinski definition) is 0. The summed E-state index contributed by atoms with van der Waals surface area (Å²) in [6, 6.07) is 9.50. The van der Waals surface area contributed by atoms with E-state index < -0.39 is 0 Å². The van der Waals surface area contributed by atoms with Crippen molar-refractivity contribution in [3.63, 3.8) is 0 Å². The van der Waals surface area contributed by atoms with E-state index in [2.05, 4.69) is 0 Å². The van der Waals surface area contributed by atoms with E-state index in [1.54, 1.807) is 24.3 Å². The van der Waals surface area contributed by atoms with E-state index in [0.717, 1.165) is 32.4 Å². The maximum absolute atomic E-state index is 12.8. The Labute approximate surface area is 134 Å². The van der Waals surface area contributed by atoms with Crippen LogP contribution >= 0.6 is 0 Å². The summed E-state index contributed by atoms with van der Waals surface area (Å²) in [4.78, 5) is 14.0. The summed E-state index contributed by atoms with van der Waals surface area (Å²) in [6.07, 6.45) is 4.41. The summed E-state index contributed by atoms with van der Waals surface area (Å²) in [5.41, 5.74) is 0. The third kappa shape index (κ3) is 4.12. The number of nitrogens with zero attached hydrogens (tertiary/aromatic N) is 1. The van der Waals surface area contributed by atoms with Crippen LogP contribution in [0.4, 0.5) is 4.39 Å². The molecule has 0 N–H and O–H groups in total. The summed E-state index contributed by atoms with van der Waals surface area (Å²) in [6.45, 7) is 2.12. The Morgan fingerprint density at radius 1 is 1.22 bits per heavy atom. The average molecular weight is 317 g/mol. The van der Waals surface area contributed by atoms with Crippen LogP contribution in [0.1, 0.15) is 29.8 Å². The molecule has 0 atom stereocenters. The lowest BCUT2D eigenvalue weighted by Gasteiger charge is -2.31. The molecule has 0 bridgehead atoms. The molecule has 2 aromatic rings. The zero-order valence-electron chi connectivity index (χ0n) is 12.9. The Morgan fingerprint density at radius 3 is 2.61 bits per heavy atom. The fourth-order valence-electron chi connectivity index (χ4n) is 2.86. The first kappa shape index (κ1) is 15.6. The molecule has 3 rings (SSSR count). The van der Waals surface area contributed by atoms with Gasteiger partial charge in [0.15, 0.2) is 5.76 Å². The van der Waals surface area contributed by atoms with Gasteiger partial charge < -0.3 is 14.1 Å². The second-order valence-electron chi connectivity index (χ2n) is 5.80. The van der Waals surface area contributed by atoms with Crippen LogP contribution in [0.25, 0.3) is 0 Å². The highest BCUT2D eigenvalue weighted by Gasteiger charge is 2.24. The molecule has 1 aliphatic heterocycles. The van der Waals surface area contributed by atoms with Crippen LogP contribution in [0.3, 0.4) is 0 Å². The van der Waals surface area contributed by atoms with Crippen LogP contribution in [0.2, 0.25) is 0 Å². The summed E-state index contributed by atoms with van der Waals surface area (Å²) in [7, 11) is 0. The number of ether oxygens (including phenoxy) is 1. The first-order valence-electron chi connectivity index (χ1n) is 7.93. The van der Waals surface area contributed by atoms with Crippen molar-refractivity contribution in [1.29, 1.82) is 0 Å². The Hall–Kier alpha value is -2.30. The SMILES string of the molecule is O=C(c1ccco1)N1CCC(CCOc2ccc(F)cc2)CC1. The number of carbonyl (C=O) groups is 1. The predicted octanol–water partition coefficient (Wildman–Crippen LogP) is 3.74. The molecule has 1 aromatic heterocycles. The van der Waals surface area contributed by atoms with Crippen molar-refractivity contribution in [2.45, 2.75) is 19.3 Å². The quantitative estimate of drug-likeness (QED) is 0.843. The normalized spacial score (nSPS) is 15.6. The maximum atomic E-state index is 12.8. The molecule has 0 aliphatic carbocycles. The van der Waals surface area contributed by atoms with E-state index in [-0.39, 0.29) is 11.7 Å². The van der Waals surface area contributed by atoms with Crippen molar-refractivity contribution in [3.05, 3.63) is 54.2 Å². The Morgan fingerprint density at radius 2 is 1.96 bits per heavy atom. The van der Waals surface area contributed by atoms with Gasteiger partial charge in [0, 0.05) is 13.1 Å². The topological polar surface area (TPSA) is 42.7 Å². The summed E-state index contributed by atoms with van der Waals surface area (Å²) in [5, 5.41) is 0. The molecule has 23 heavy (non-hydrogen) atoms. The molecule has 5 heteroatoms. The van der Waals surface area contributed by atoms with E-state index in [1.807, 2.05) is 4.90 Å². The van der Waals surface area contributed by atoms with Gasteiger partial charge in [0.1, 0.15) is 11.6 Å². The molecule has 1 saturated heterocycles. The van der Waals surface area contributed by atoms with E-state index in [0.29, 0.717) is 24.0 Å². The minimum atomic E-state index is -0.258. The minimum absolute atomic E-state index is 0.0315. The number of carbonyl (C=O) groups excluding carboxylic acids is 1. The Balaban J connectivity index is 1.39. The molecular weight excluding hydrogens is 297 g/mol. The van der Waals surface area contributed by atoms with Crippen LogP contribution in [0.5, 0.6) is 5.75 Å². The second kappa shape index (κ2) is 7.31. The number of furan rings is 1. The lowest BCUT2D eigenvalue weighted by Crippen LogP contribution is -2.38. The van der Waals surface area contributed by atoms with Gasteiger partial charge in [0.05, 0.1) is 12.9 Å². The predicted molar refractivity (Wildman–Crippen MR) is 83.8 cm³/mol. The number of halogens is 1. The molecule has 1 aliphatic rings. The van der Waals surface area contributed by atoms with E-state index in [1.165, 1.54) is 18.4 Å². The zero-order valence-corrected chi connectivity index (χ0v) is 12.9. The first-order valence-corrected chi connectivity index (χ1v) is 7.93. The molecule has 0 radical (unpaired) electrons. The molecule has 122 valence electrons. The fourth-order valence-corrected chi connectivity index (χ4v) is 2.86. The van der Waals surface area contributed by atoms with Gasteiger partial charge in [0.25, 0.3) is 5.91 Å². The average Bonchev–Trinajstić information content (AvgIpc) is 3.11. The smallest absolute Gasteiger partial charge is 0.289 e. The van der Waals surface area contributed by atoms with Crippen molar-refractivity contribution in [2.75, 3.05) is 19.7 Å². The second-order valence-corrected chi connectivity index (χ2v) is 5.80. The van der Waals surface area contributed by atoms with Crippen molar-refractivity contribution in [2.24, 2.45) is 5.92 Å². The van der Waals surface area contributed by atoms with Crippen molar-refractivity contribution >= 4 is 5.91 Å². The molecule has 1 fully saturated rings. The molecule has 0 spiro atoms. The Kier molecular flexibility index (Phi) is 4.95. The van der Waals surface area contributed by atoms with Gasteiger partial charge in [-0.3, -0.25) is 4.79 Å². The summed E-state index contributed by atoms with van der Waals surface area (Å²) >= 11 is 0. The van der Waals surface area contributed by atoms with Gasteiger partial charge in [-0.2, -0.15) is 0 Å². The summed E-state index contributed by atoms with van der Waals surface area (Å²) < 4.78 is 23.6. The van der Waals surface area contributed by atoms with Gasteiger partial charge in [-0.1, -0.05) is 0 Å². The number of amides is 1. The number of benzene rings is 1. The van der Waals surface area contributed by atoms with Crippen LogP contribution in [0.15, 0.2) is 47.1 Å². The minimum Gasteiger partial charge on any atom is -0.494 e. The third-order valence-corrected chi connectivity index (χ3v) is 4.24. The van der Waals surface area contributed by atoms with Gasteiger partial charge in [-0.05, 0) is 61.6 Å². The lowest BCUT2D eigenvalue weighted by atomic mass is 9.94. The van der Waals surface area contributed by atoms with Crippen LogP contribution in [-0.2, 0) is 0 Å². The Bertz CT molecular complexity index is 616. The van der Waals surface area contributed by atoms with Gasteiger partial charge >= 0.3 is 0 Å². The molecule has 4 nitrogen and oxygen atoms in total. The van der Waals surface area contributed by atoms with Crippen molar-refractivity contribution in [3.8, 4) is 5.75 Å². The summed E-state index contributed by atoms with van der Waals surface area (Å²) in [5.74, 6) is 1.36. The third-order valence-electron chi connectivity index (χ3n) is 4.24. The van der Waals surface area contributed by atoms with Gasteiger partial charge in [-0.25, -0.2) is 4.39 Å². The van der Waals surface area contributed by atoms with E-state index in [4.69, 9.17) is 9.15 Å². The molecule has 1 amide bonds. The van der Waals surface area contributed by atoms with Gasteiger partial charge in [0.2, 0.25) is 0 Å². The monoisotopic (exact) mass is 317 g/mol. The fraction of sp³-hybridized carbons (Fsp3) is 0.389. The van der Waals surface area contributed by atoms with Crippen molar-refractivity contribution in [1.82, 2.24) is 4.90 Å². The van der Waals surface area contributed by atoms with Crippen LogP contribution in [0, 0.1) is 11.7 Å². The van der Waals surface area contributed by atoms with E-state index >= 15 is 0 Å². The first-order chi connectivity index (χ1) is 11.2. The van der Waals surface area contributed by atoms with Crippen molar-refractivity contribution < 1.29 is 18.3 Å².